The normalized spacial score (nSPS) is 10.1. The highest BCUT2D eigenvalue weighted by atomic mass is 16.2. The van der Waals surface area contributed by atoms with Crippen LogP contribution in [0, 0.1) is 6.92 Å². The number of rotatable bonds is 5. The van der Waals surface area contributed by atoms with E-state index < -0.39 is 0 Å². The minimum absolute atomic E-state index is 0.0482. The fourth-order valence-electron chi connectivity index (χ4n) is 1.60. The quantitative estimate of drug-likeness (QED) is 0.783. The summed E-state index contributed by atoms with van der Waals surface area (Å²) in [5.74, 6) is -0.365. The van der Waals surface area contributed by atoms with Crippen molar-refractivity contribution in [2.24, 2.45) is 0 Å². The van der Waals surface area contributed by atoms with Crippen molar-refractivity contribution in [1.82, 2.24) is 10.2 Å². The number of anilines is 1. The summed E-state index contributed by atoms with van der Waals surface area (Å²) in [6.45, 7) is 4.53. The van der Waals surface area contributed by atoms with Crippen LogP contribution in [0.3, 0.4) is 0 Å². The summed E-state index contributed by atoms with van der Waals surface area (Å²) >= 11 is 0. The average molecular weight is 263 g/mol. The molecule has 0 aliphatic rings. The van der Waals surface area contributed by atoms with Crippen molar-refractivity contribution in [3.8, 4) is 0 Å². The Morgan fingerprint density at radius 2 is 2.05 bits per heavy atom. The second kappa shape index (κ2) is 6.78. The van der Waals surface area contributed by atoms with E-state index in [1.54, 1.807) is 25.2 Å². The van der Waals surface area contributed by atoms with Gasteiger partial charge in [-0.15, -0.1) is 0 Å². The SMILES string of the molecule is CCCNC(=O)CN(C)C(=O)c1ccc(C)c(N)c1. The molecule has 0 bridgehead atoms. The average Bonchev–Trinajstić information content (AvgIpc) is 2.38. The highest BCUT2D eigenvalue weighted by Gasteiger charge is 2.15. The highest BCUT2D eigenvalue weighted by Crippen LogP contribution is 2.14. The number of amides is 2. The van der Waals surface area contributed by atoms with Crippen LogP contribution in [0.1, 0.15) is 29.3 Å². The van der Waals surface area contributed by atoms with Gasteiger partial charge in [-0.2, -0.15) is 0 Å². The van der Waals surface area contributed by atoms with Crippen LogP contribution in [0.25, 0.3) is 0 Å². The van der Waals surface area contributed by atoms with Crippen LogP contribution < -0.4 is 11.1 Å². The largest absolute Gasteiger partial charge is 0.398 e. The summed E-state index contributed by atoms with van der Waals surface area (Å²) in [4.78, 5) is 25.0. The first-order chi connectivity index (χ1) is 8.95. The second-order valence-corrected chi connectivity index (χ2v) is 4.58. The third-order valence-electron chi connectivity index (χ3n) is 2.83. The number of benzene rings is 1. The maximum absolute atomic E-state index is 12.1. The van der Waals surface area contributed by atoms with Gasteiger partial charge in [0.15, 0.2) is 0 Å². The summed E-state index contributed by atoms with van der Waals surface area (Å²) < 4.78 is 0. The molecule has 1 aromatic carbocycles. The molecule has 5 heteroatoms. The Hall–Kier alpha value is -2.04. The molecule has 3 N–H and O–H groups in total. The standard InChI is InChI=1S/C14H21N3O2/c1-4-7-16-13(18)9-17(3)14(19)11-6-5-10(2)12(15)8-11/h5-6,8H,4,7,9,15H2,1-3H3,(H,16,18). The number of aryl methyl sites for hydroxylation is 1. The van der Waals surface area contributed by atoms with Crippen molar-refractivity contribution in [3.63, 3.8) is 0 Å². The molecule has 0 saturated heterocycles. The van der Waals surface area contributed by atoms with Gasteiger partial charge in [-0.05, 0) is 31.0 Å². The minimum atomic E-state index is -0.210. The number of carbonyl (C=O) groups excluding carboxylic acids is 2. The molecule has 0 unspecified atom stereocenters. The van der Waals surface area contributed by atoms with Crippen LogP contribution in [0.5, 0.6) is 0 Å². The molecule has 19 heavy (non-hydrogen) atoms. The van der Waals surface area contributed by atoms with E-state index in [0.29, 0.717) is 17.8 Å². The van der Waals surface area contributed by atoms with Crippen LogP contribution in [-0.2, 0) is 4.79 Å². The Morgan fingerprint density at radius 1 is 1.37 bits per heavy atom. The Balaban J connectivity index is 2.66. The zero-order chi connectivity index (χ0) is 14.4. The first-order valence-electron chi connectivity index (χ1n) is 6.34. The number of carbonyl (C=O) groups is 2. The predicted molar refractivity (Wildman–Crippen MR) is 75.9 cm³/mol. The highest BCUT2D eigenvalue weighted by molar-refractivity contribution is 5.97. The first kappa shape index (κ1) is 15.0. The molecule has 1 rings (SSSR count). The van der Waals surface area contributed by atoms with E-state index in [4.69, 9.17) is 5.73 Å². The fraction of sp³-hybridized carbons (Fsp3) is 0.429. The summed E-state index contributed by atoms with van der Waals surface area (Å²) in [5.41, 5.74) is 7.78. The molecular weight excluding hydrogens is 242 g/mol. The predicted octanol–water partition coefficient (Wildman–Crippen LogP) is 1.18. The zero-order valence-electron chi connectivity index (χ0n) is 11.7. The lowest BCUT2D eigenvalue weighted by atomic mass is 10.1. The van der Waals surface area contributed by atoms with Gasteiger partial charge in [-0.3, -0.25) is 9.59 Å². The Bertz CT molecular complexity index is 472. The van der Waals surface area contributed by atoms with Gasteiger partial charge in [0.25, 0.3) is 5.91 Å². The molecule has 1 aromatic rings. The lowest BCUT2D eigenvalue weighted by molar-refractivity contribution is -0.121. The summed E-state index contributed by atoms with van der Waals surface area (Å²) in [6, 6.07) is 5.15. The molecule has 2 amide bonds. The summed E-state index contributed by atoms with van der Waals surface area (Å²) in [6.07, 6.45) is 0.873. The fourth-order valence-corrected chi connectivity index (χ4v) is 1.60. The van der Waals surface area contributed by atoms with Crippen LogP contribution in [0.4, 0.5) is 5.69 Å². The van der Waals surface area contributed by atoms with Crippen molar-refractivity contribution in [1.29, 1.82) is 0 Å². The van der Waals surface area contributed by atoms with Gasteiger partial charge in [0, 0.05) is 24.8 Å². The number of nitrogens with two attached hydrogens (primary N) is 1. The smallest absolute Gasteiger partial charge is 0.254 e. The van der Waals surface area contributed by atoms with Gasteiger partial charge in [0.1, 0.15) is 0 Å². The number of hydrogen-bond donors (Lipinski definition) is 2. The molecule has 0 aliphatic heterocycles. The lowest BCUT2D eigenvalue weighted by Gasteiger charge is -2.17. The third kappa shape index (κ3) is 4.28. The molecule has 0 atom stereocenters. The van der Waals surface area contributed by atoms with Gasteiger partial charge in [0.05, 0.1) is 6.54 Å². The van der Waals surface area contributed by atoms with Crippen molar-refractivity contribution in [3.05, 3.63) is 29.3 Å². The topological polar surface area (TPSA) is 75.4 Å². The van der Waals surface area contributed by atoms with Gasteiger partial charge < -0.3 is 16.0 Å². The first-order valence-corrected chi connectivity index (χ1v) is 6.34. The molecule has 104 valence electrons. The molecule has 0 radical (unpaired) electrons. The van der Waals surface area contributed by atoms with Crippen LogP contribution >= 0.6 is 0 Å². The van der Waals surface area contributed by atoms with E-state index in [9.17, 15) is 9.59 Å². The Morgan fingerprint density at radius 3 is 2.63 bits per heavy atom. The monoisotopic (exact) mass is 263 g/mol. The molecule has 5 nitrogen and oxygen atoms in total. The Kier molecular flexibility index (Phi) is 5.36. The Labute approximate surface area is 113 Å². The zero-order valence-corrected chi connectivity index (χ0v) is 11.7. The van der Waals surface area contributed by atoms with E-state index in [0.717, 1.165) is 12.0 Å². The number of hydrogen-bond acceptors (Lipinski definition) is 3. The van der Waals surface area contributed by atoms with Gasteiger partial charge in [-0.1, -0.05) is 13.0 Å². The number of likely N-dealkylation sites (N-methyl/N-ethyl adjacent to an activating group) is 1. The molecule has 0 spiro atoms. The number of nitrogens with zero attached hydrogens (tertiary/aromatic N) is 1. The number of nitrogens with one attached hydrogen (secondary N) is 1. The van der Waals surface area contributed by atoms with Crippen molar-refractivity contribution >= 4 is 17.5 Å². The number of nitrogen functional groups attached to an aromatic ring is 1. The van der Waals surface area contributed by atoms with Crippen molar-refractivity contribution in [2.45, 2.75) is 20.3 Å². The van der Waals surface area contributed by atoms with E-state index in [1.807, 2.05) is 13.8 Å². The molecular formula is C14H21N3O2. The molecule has 0 saturated carbocycles. The minimum Gasteiger partial charge on any atom is -0.398 e. The van der Waals surface area contributed by atoms with E-state index in [2.05, 4.69) is 5.32 Å². The van der Waals surface area contributed by atoms with E-state index in [1.165, 1.54) is 4.90 Å². The van der Waals surface area contributed by atoms with Crippen LogP contribution in [0.2, 0.25) is 0 Å². The summed E-state index contributed by atoms with van der Waals surface area (Å²) in [7, 11) is 1.60. The third-order valence-corrected chi connectivity index (χ3v) is 2.83. The second-order valence-electron chi connectivity index (χ2n) is 4.58. The van der Waals surface area contributed by atoms with E-state index in [-0.39, 0.29) is 18.4 Å². The maximum atomic E-state index is 12.1. The lowest BCUT2D eigenvalue weighted by Crippen LogP contribution is -2.38. The van der Waals surface area contributed by atoms with Gasteiger partial charge >= 0.3 is 0 Å². The van der Waals surface area contributed by atoms with E-state index >= 15 is 0 Å². The molecule has 0 heterocycles. The molecule has 0 aromatic heterocycles. The van der Waals surface area contributed by atoms with Gasteiger partial charge in [-0.25, -0.2) is 0 Å². The summed E-state index contributed by atoms with van der Waals surface area (Å²) in [5, 5.41) is 2.73. The molecule has 0 aliphatic carbocycles. The van der Waals surface area contributed by atoms with Crippen molar-refractivity contribution in [2.75, 3.05) is 25.9 Å². The van der Waals surface area contributed by atoms with Crippen LogP contribution in [0.15, 0.2) is 18.2 Å². The van der Waals surface area contributed by atoms with Crippen LogP contribution in [-0.4, -0.2) is 36.9 Å². The van der Waals surface area contributed by atoms with Crippen molar-refractivity contribution < 1.29 is 9.59 Å². The molecule has 0 fully saturated rings. The maximum Gasteiger partial charge on any atom is 0.254 e. The van der Waals surface area contributed by atoms with Gasteiger partial charge in [0.2, 0.25) is 5.91 Å².